The molecule has 0 unspecified atom stereocenters. The molecular formula is C9H10N4O2. The quantitative estimate of drug-likeness (QED) is 0.521. The minimum atomic E-state index is -0.391. The van der Waals surface area contributed by atoms with Crippen molar-refractivity contribution in [1.82, 2.24) is 14.8 Å². The van der Waals surface area contributed by atoms with E-state index in [4.69, 9.17) is 5.26 Å². The van der Waals surface area contributed by atoms with E-state index < -0.39 is 5.97 Å². The first kappa shape index (κ1) is 10.9. The van der Waals surface area contributed by atoms with Gasteiger partial charge in [0.1, 0.15) is 12.4 Å². The van der Waals surface area contributed by atoms with Crippen molar-refractivity contribution in [2.24, 2.45) is 0 Å². The van der Waals surface area contributed by atoms with Crippen molar-refractivity contribution < 1.29 is 9.53 Å². The van der Waals surface area contributed by atoms with Crippen LogP contribution < -0.4 is 0 Å². The van der Waals surface area contributed by atoms with Crippen LogP contribution in [0.5, 0.6) is 0 Å². The van der Waals surface area contributed by atoms with Crippen LogP contribution in [-0.4, -0.2) is 27.3 Å². The number of rotatable bonds is 4. The van der Waals surface area contributed by atoms with E-state index in [0.29, 0.717) is 13.2 Å². The number of nitrogens with zero attached hydrogens (tertiary/aromatic N) is 4. The molecule has 0 aliphatic heterocycles. The van der Waals surface area contributed by atoms with E-state index in [1.807, 2.05) is 6.07 Å². The first-order valence-corrected chi connectivity index (χ1v) is 4.39. The molecule has 0 amide bonds. The van der Waals surface area contributed by atoms with Crippen molar-refractivity contribution in [3.63, 3.8) is 0 Å². The van der Waals surface area contributed by atoms with Crippen molar-refractivity contribution in [2.75, 3.05) is 6.61 Å². The summed E-state index contributed by atoms with van der Waals surface area (Å²) in [5.41, 5.74) is 0. The zero-order valence-electron chi connectivity index (χ0n) is 8.25. The molecule has 1 aromatic heterocycles. The fraction of sp³-hybridized carbons (Fsp3) is 0.333. The Bertz CT molecular complexity index is 402. The predicted octanol–water partition coefficient (Wildman–Crippen LogP) is 0.269. The van der Waals surface area contributed by atoms with Crippen LogP contribution >= 0.6 is 0 Å². The Kier molecular flexibility index (Phi) is 4.04. The van der Waals surface area contributed by atoms with Crippen molar-refractivity contribution >= 4 is 5.97 Å². The van der Waals surface area contributed by atoms with Gasteiger partial charge in [-0.1, -0.05) is 6.08 Å². The molecule has 15 heavy (non-hydrogen) atoms. The number of carbonyl (C=O) groups is 1. The molecule has 0 saturated heterocycles. The Balaban J connectivity index is 2.43. The summed E-state index contributed by atoms with van der Waals surface area (Å²) in [5, 5.41) is 12.3. The highest BCUT2D eigenvalue weighted by Crippen LogP contribution is 1.89. The van der Waals surface area contributed by atoms with Crippen LogP contribution in [0.25, 0.3) is 0 Å². The Morgan fingerprint density at radius 1 is 1.80 bits per heavy atom. The summed E-state index contributed by atoms with van der Waals surface area (Å²) >= 11 is 0. The number of nitriles is 1. The van der Waals surface area contributed by atoms with E-state index >= 15 is 0 Å². The van der Waals surface area contributed by atoms with Crippen LogP contribution in [0.2, 0.25) is 0 Å². The first-order chi connectivity index (χ1) is 7.26. The van der Waals surface area contributed by atoms with E-state index in [9.17, 15) is 4.79 Å². The molecule has 0 atom stereocenters. The van der Waals surface area contributed by atoms with Gasteiger partial charge < -0.3 is 4.74 Å². The third-order valence-electron chi connectivity index (χ3n) is 1.47. The minimum Gasteiger partial charge on any atom is -0.463 e. The molecule has 0 bridgehead atoms. The normalized spacial score (nSPS) is 10.1. The molecule has 6 heteroatoms. The van der Waals surface area contributed by atoms with Crippen LogP contribution in [0.15, 0.2) is 18.5 Å². The lowest BCUT2D eigenvalue weighted by Gasteiger charge is -1.94. The van der Waals surface area contributed by atoms with Gasteiger partial charge in [-0.25, -0.2) is 14.5 Å². The summed E-state index contributed by atoms with van der Waals surface area (Å²) in [4.78, 5) is 14.6. The molecule has 1 heterocycles. The number of aromatic nitrogens is 3. The number of hydrogen-bond donors (Lipinski definition) is 0. The molecule has 0 saturated carbocycles. The zero-order valence-corrected chi connectivity index (χ0v) is 8.25. The second-order valence-corrected chi connectivity index (χ2v) is 2.56. The molecule has 0 aromatic carbocycles. The largest absolute Gasteiger partial charge is 0.463 e. The summed E-state index contributed by atoms with van der Waals surface area (Å²) in [5.74, 6) is -0.280. The lowest BCUT2D eigenvalue weighted by atomic mass is 10.5. The van der Waals surface area contributed by atoms with Crippen molar-refractivity contribution in [2.45, 2.75) is 13.5 Å². The number of esters is 1. The van der Waals surface area contributed by atoms with Gasteiger partial charge in [0.2, 0.25) is 0 Å². The summed E-state index contributed by atoms with van der Waals surface area (Å²) in [6.45, 7) is 2.47. The average molecular weight is 206 g/mol. The van der Waals surface area contributed by atoms with Crippen molar-refractivity contribution in [3.05, 3.63) is 24.3 Å². The lowest BCUT2D eigenvalue weighted by molar-refractivity contribution is -0.137. The summed E-state index contributed by atoms with van der Waals surface area (Å²) in [6, 6.07) is 1.81. The molecule has 0 radical (unpaired) electrons. The number of ether oxygens (including phenoxy) is 1. The zero-order chi connectivity index (χ0) is 11.1. The minimum absolute atomic E-state index is 0.111. The Labute approximate surface area is 86.8 Å². The smallest absolute Gasteiger partial charge is 0.330 e. The second-order valence-electron chi connectivity index (χ2n) is 2.56. The van der Waals surface area contributed by atoms with Gasteiger partial charge in [-0.2, -0.15) is 5.26 Å². The van der Waals surface area contributed by atoms with Gasteiger partial charge >= 0.3 is 5.97 Å². The summed E-state index contributed by atoms with van der Waals surface area (Å²) in [6.07, 6.45) is 4.33. The Morgan fingerprint density at radius 2 is 2.60 bits per heavy atom. The van der Waals surface area contributed by atoms with E-state index in [2.05, 4.69) is 14.8 Å². The molecule has 0 fully saturated rings. The molecule has 0 aliphatic rings. The number of carbonyl (C=O) groups excluding carboxylic acids is 1. The average Bonchev–Trinajstić information content (AvgIpc) is 2.66. The summed E-state index contributed by atoms with van der Waals surface area (Å²) in [7, 11) is 0. The van der Waals surface area contributed by atoms with Crippen molar-refractivity contribution in [1.29, 1.82) is 5.26 Å². The predicted molar refractivity (Wildman–Crippen MR) is 50.5 cm³/mol. The standard InChI is InChI=1S/C9H10N4O2/c1-2-15-9(14)4-3-5-13-7-11-8(6-10)12-13/h3-4,7H,2,5H2,1H3/b4-3+. The van der Waals surface area contributed by atoms with Gasteiger partial charge in [0.05, 0.1) is 13.2 Å². The summed E-state index contributed by atoms with van der Waals surface area (Å²) < 4.78 is 6.14. The van der Waals surface area contributed by atoms with Gasteiger partial charge in [-0.3, -0.25) is 0 Å². The van der Waals surface area contributed by atoms with Gasteiger partial charge in [0.25, 0.3) is 5.82 Å². The molecule has 1 rings (SSSR count). The maximum absolute atomic E-state index is 10.9. The van der Waals surface area contributed by atoms with Gasteiger partial charge in [0, 0.05) is 6.08 Å². The first-order valence-electron chi connectivity index (χ1n) is 4.39. The molecule has 0 aliphatic carbocycles. The molecular weight excluding hydrogens is 196 g/mol. The van der Waals surface area contributed by atoms with Gasteiger partial charge in [0.15, 0.2) is 0 Å². The maximum atomic E-state index is 10.9. The maximum Gasteiger partial charge on any atom is 0.330 e. The monoisotopic (exact) mass is 206 g/mol. The Hall–Kier alpha value is -2.16. The fourth-order valence-corrected chi connectivity index (χ4v) is 0.881. The number of hydrogen-bond acceptors (Lipinski definition) is 5. The molecule has 0 spiro atoms. The van der Waals surface area contributed by atoms with Crippen LogP contribution in [-0.2, 0) is 16.1 Å². The van der Waals surface area contributed by atoms with E-state index in [0.717, 1.165) is 0 Å². The van der Waals surface area contributed by atoms with Crippen LogP contribution in [0.3, 0.4) is 0 Å². The van der Waals surface area contributed by atoms with Crippen LogP contribution in [0.4, 0.5) is 0 Å². The fourth-order valence-electron chi connectivity index (χ4n) is 0.881. The topological polar surface area (TPSA) is 80.8 Å². The van der Waals surface area contributed by atoms with Crippen LogP contribution in [0, 0.1) is 11.3 Å². The lowest BCUT2D eigenvalue weighted by Crippen LogP contribution is -2.01. The van der Waals surface area contributed by atoms with Gasteiger partial charge in [-0.05, 0) is 6.92 Å². The van der Waals surface area contributed by atoms with Crippen molar-refractivity contribution in [3.8, 4) is 6.07 Å². The van der Waals surface area contributed by atoms with E-state index in [1.165, 1.54) is 17.1 Å². The SMILES string of the molecule is CCOC(=O)/C=C/Cn1cnc(C#N)n1. The highest BCUT2D eigenvalue weighted by Gasteiger charge is 1.97. The number of allylic oxidation sites excluding steroid dienone is 1. The molecule has 6 nitrogen and oxygen atoms in total. The Morgan fingerprint density at radius 3 is 3.20 bits per heavy atom. The van der Waals surface area contributed by atoms with Crippen LogP contribution in [0.1, 0.15) is 12.7 Å². The highest BCUT2D eigenvalue weighted by molar-refractivity contribution is 5.81. The third kappa shape index (κ3) is 3.60. The molecule has 1 aromatic rings. The van der Waals surface area contributed by atoms with Gasteiger partial charge in [-0.15, -0.1) is 5.10 Å². The van der Waals surface area contributed by atoms with E-state index in [-0.39, 0.29) is 5.82 Å². The highest BCUT2D eigenvalue weighted by atomic mass is 16.5. The van der Waals surface area contributed by atoms with E-state index in [1.54, 1.807) is 13.0 Å². The third-order valence-corrected chi connectivity index (χ3v) is 1.47. The molecule has 0 N–H and O–H groups in total. The molecule has 78 valence electrons. The second kappa shape index (κ2) is 5.54.